The number of aromatic nitrogens is 2. The zero-order chi connectivity index (χ0) is 19.2. The number of carbonyl (C=O) groups is 1. The molecule has 0 saturated carbocycles. The number of hydrogen-bond acceptors (Lipinski definition) is 4. The molecule has 0 unspecified atom stereocenters. The van der Waals surface area contributed by atoms with E-state index in [4.69, 9.17) is 0 Å². The summed E-state index contributed by atoms with van der Waals surface area (Å²) in [6.45, 7) is 4.52. The van der Waals surface area contributed by atoms with Crippen molar-refractivity contribution < 1.29 is 4.79 Å². The van der Waals surface area contributed by atoms with Crippen molar-refractivity contribution >= 4 is 28.6 Å². The minimum absolute atomic E-state index is 0.0180. The fraction of sp³-hybridized carbons (Fsp3) is 0.286. The number of nitrogens with one attached hydrogen (secondary N) is 1. The molecule has 0 aliphatic heterocycles. The van der Waals surface area contributed by atoms with Crippen LogP contribution in [0.5, 0.6) is 0 Å². The van der Waals surface area contributed by atoms with Crippen molar-refractivity contribution in [3.63, 3.8) is 0 Å². The molecule has 0 bridgehead atoms. The molecule has 5 nitrogen and oxygen atoms in total. The molecule has 0 fully saturated rings. The maximum absolute atomic E-state index is 12.9. The Bertz CT molecular complexity index is 986. The molecule has 0 radical (unpaired) electrons. The molecule has 0 saturated heterocycles. The van der Waals surface area contributed by atoms with Gasteiger partial charge in [-0.25, -0.2) is 4.98 Å². The monoisotopic (exact) mass is 381 g/mol. The molecule has 3 rings (SSSR count). The Labute approximate surface area is 162 Å². The number of carbonyl (C=O) groups excluding carboxylic acids is 1. The highest BCUT2D eigenvalue weighted by Gasteiger charge is 2.16. The van der Waals surface area contributed by atoms with Crippen molar-refractivity contribution in [2.24, 2.45) is 0 Å². The third-order valence-electron chi connectivity index (χ3n) is 4.47. The quantitative estimate of drug-likeness (QED) is 0.500. The average molecular weight is 382 g/mol. The van der Waals surface area contributed by atoms with E-state index in [9.17, 15) is 9.59 Å². The molecule has 140 valence electrons. The lowest BCUT2D eigenvalue weighted by Gasteiger charge is -2.18. The van der Waals surface area contributed by atoms with Gasteiger partial charge in [-0.05, 0) is 31.0 Å². The fourth-order valence-corrected chi connectivity index (χ4v) is 3.70. The highest BCUT2D eigenvalue weighted by molar-refractivity contribution is 7.99. The number of benzene rings is 2. The standard InChI is InChI=1S/C21H23N3O2S/c1-3-15(2)24-20(26)17-11-7-8-12-18(17)23-21(24)27-14-19(25)22-13-16-9-5-4-6-10-16/h4-12,15H,3,13-14H2,1-2H3,(H,22,25)/t15-/m1/s1. The smallest absolute Gasteiger partial charge is 0.262 e. The van der Waals surface area contributed by atoms with Crippen molar-refractivity contribution in [2.45, 2.75) is 38.0 Å². The summed E-state index contributed by atoms with van der Waals surface area (Å²) in [5.74, 6) is 0.135. The van der Waals surface area contributed by atoms with Crippen LogP contribution in [0.1, 0.15) is 31.9 Å². The van der Waals surface area contributed by atoms with Crippen LogP contribution in [-0.4, -0.2) is 21.2 Å². The van der Waals surface area contributed by atoms with Gasteiger partial charge < -0.3 is 5.32 Å². The van der Waals surface area contributed by atoms with Gasteiger partial charge >= 0.3 is 0 Å². The molecule has 0 aliphatic rings. The van der Waals surface area contributed by atoms with Crippen LogP contribution in [-0.2, 0) is 11.3 Å². The molecule has 27 heavy (non-hydrogen) atoms. The SMILES string of the molecule is CC[C@@H](C)n1c(SCC(=O)NCc2ccccc2)nc2ccccc2c1=O. The maximum Gasteiger partial charge on any atom is 0.262 e. The molecule has 0 spiro atoms. The third kappa shape index (κ3) is 4.57. The lowest BCUT2D eigenvalue weighted by molar-refractivity contribution is -0.118. The zero-order valence-corrected chi connectivity index (χ0v) is 16.3. The third-order valence-corrected chi connectivity index (χ3v) is 5.42. The molecular weight excluding hydrogens is 358 g/mol. The van der Waals surface area contributed by atoms with Gasteiger partial charge in [-0.2, -0.15) is 0 Å². The molecule has 0 aliphatic carbocycles. The largest absolute Gasteiger partial charge is 0.351 e. The summed E-state index contributed by atoms with van der Waals surface area (Å²) in [6.07, 6.45) is 0.813. The predicted octanol–water partition coefficient (Wildman–Crippen LogP) is 3.78. The van der Waals surface area contributed by atoms with Gasteiger partial charge in [-0.1, -0.05) is 61.2 Å². The Morgan fingerprint density at radius 2 is 1.85 bits per heavy atom. The van der Waals surface area contributed by atoms with Gasteiger partial charge in [0.2, 0.25) is 5.91 Å². The number of hydrogen-bond donors (Lipinski definition) is 1. The van der Waals surface area contributed by atoms with E-state index >= 15 is 0 Å². The van der Waals surface area contributed by atoms with E-state index in [1.807, 2.05) is 62.4 Å². The summed E-state index contributed by atoms with van der Waals surface area (Å²) < 4.78 is 1.71. The summed E-state index contributed by atoms with van der Waals surface area (Å²) in [4.78, 5) is 29.8. The second-order valence-corrected chi connectivity index (χ2v) is 7.34. The van der Waals surface area contributed by atoms with E-state index in [2.05, 4.69) is 10.3 Å². The van der Waals surface area contributed by atoms with Crippen LogP contribution in [0.3, 0.4) is 0 Å². The Kier molecular flexibility index (Phi) is 6.29. The highest BCUT2D eigenvalue weighted by Crippen LogP contribution is 2.22. The maximum atomic E-state index is 12.9. The molecular formula is C21H23N3O2S. The summed E-state index contributed by atoms with van der Waals surface area (Å²) in [5.41, 5.74) is 1.66. The lowest BCUT2D eigenvalue weighted by Crippen LogP contribution is -2.28. The lowest BCUT2D eigenvalue weighted by atomic mass is 10.2. The average Bonchev–Trinajstić information content (AvgIpc) is 2.71. The first kappa shape index (κ1) is 19.2. The van der Waals surface area contributed by atoms with Crippen LogP contribution < -0.4 is 10.9 Å². The molecule has 1 aromatic heterocycles. The van der Waals surface area contributed by atoms with Gasteiger partial charge in [0, 0.05) is 12.6 Å². The van der Waals surface area contributed by atoms with E-state index in [0.717, 1.165) is 12.0 Å². The van der Waals surface area contributed by atoms with Crippen molar-refractivity contribution in [2.75, 3.05) is 5.75 Å². The van der Waals surface area contributed by atoms with Crippen LogP contribution in [0.2, 0.25) is 0 Å². The number of rotatable bonds is 7. The van der Waals surface area contributed by atoms with Crippen molar-refractivity contribution in [1.29, 1.82) is 0 Å². The topological polar surface area (TPSA) is 64.0 Å². The van der Waals surface area contributed by atoms with Crippen molar-refractivity contribution in [1.82, 2.24) is 14.9 Å². The van der Waals surface area contributed by atoms with Crippen LogP contribution >= 0.6 is 11.8 Å². The number of amides is 1. The van der Waals surface area contributed by atoms with E-state index in [1.54, 1.807) is 10.6 Å². The number of nitrogens with zero attached hydrogens (tertiary/aromatic N) is 2. The molecule has 1 heterocycles. The number of fused-ring (bicyclic) bond motifs is 1. The molecule has 1 N–H and O–H groups in total. The van der Waals surface area contributed by atoms with E-state index in [-0.39, 0.29) is 23.3 Å². The molecule has 6 heteroatoms. The minimum Gasteiger partial charge on any atom is -0.351 e. The molecule has 1 atom stereocenters. The Hall–Kier alpha value is -2.60. The van der Waals surface area contributed by atoms with Gasteiger partial charge in [0.1, 0.15) is 0 Å². The number of para-hydroxylation sites is 1. The van der Waals surface area contributed by atoms with Crippen molar-refractivity contribution in [3.05, 3.63) is 70.5 Å². The first-order valence-electron chi connectivity index (χ1n) is 9.05. The summed E-state index contributed by atoms with van der Waals surface area (Å²) in [6, 6.07) is 17.1. The Morgan fingerprint density at radius 3 is 2.59 bits per heavy atom. The first-order chi connectivity index (χ1) is 13.1. The van der Waals surface area contributed by atoms with Gasteiger partial charge in [-0.15, -0.1) is 0 Å². The fourth-order valence-electron chi connectivity index (χ4n) is 2.78. The summed E-state index contributed by atoms with van der Waals surface area (Å²) in [5, 5.41) is 4.10. The molecule has 3 aromatic rings. The highest BCUT2D eigenvalue weighted by atomic mass is 32.2. The van der Waals surface area contributed by atoms with Crippen LogP contribution in [0.25, 0.3) is 10.9 Å². The normalized spacial score (nSPS) is 12.1. The van der Waals surface area contributed by atoms with E-state index < -0.39 is 0 Å². The van der Waals surface area contributed by atoms with Crippen LogP contribution in [0.15, 0.2) is 64.5 Å². The number of thioether (sulfide) groups is 1. The molecule has 1 amide bonds. The van der Waals surface area contributed by atoms with E-state index in [0.29, 0.717) is 22.6 Å². The van der Waals surface area contributed by atoms with Crippen molar-refractivity contribution in [3.8, 4) is 0 Å². The van der Waals surface area contributed by atoms with Gasteiger partial charge in [0.25, 0.3) is 5.56 Å². The predicted molar refractivity (Wildman–Crippen MR) is 110 cm³/mol. The van der Waals surface area contributed by atoms with Gasteiger partial charge in [0.15, 0.2) is 5.16 Å². The summed E-state index contributed by atoms with van der Waals surface area (Å²) in [7, 11) is 0. The first-order valence-corrected chi connectivity index (χ1v) is 10.0. The zero-order valence-electron chi connectivity index (χ0n) is 15.5. The van der Waals surface area contributed by atoms with Crippen LogP contribution in [0, 0.1) is 0 Å². The van der Waals surface area contributed by atoms with Crippen LogP contribution in [0.4, 0.5) is 0 Å². The van der Waals surface area contributed by atoms with Gasteiger partial charge in [-0.3, -0.25) is 14.2 Å². The Morgan fingerprint density at radius 1 is 1.15 bits per heavy atom. The minimum atomic E-state index is -0.0815. The second-order valence-electron chi connectivity index (χ2n) is 6.39. The van der Waals surface area contributed by atoms with Gasteiger partial charge in [0.05, 0.1) is 16.7 Å². The second kappa shape index (κ2) is 8.86. The Balaban J connectivity index is 1.77. The van der Waals surface area contributed by atoms with E-state index in [1.165, 1.54) is 11.8 Å². The summed E-state index contributed by atoms with van der Waals surface area (Å²) >= 11 is 1.30. The molecule has 2 aromatic carbocycles.